The molecule has 0 aliphatic heterocycles. The molecule has 0 spiro atoms. The Morgan fingerprint density at radius 1 is 0.906 bits per heavy atom. The number of benzene rings is 3. The zero-order chi connectivity index (χ0) is 23.5. The molecule has 0 fully saturated rings. The van der Waals surface area contributed by atoms with Crippen LogP contribution in [0.3, 0.4) is 0 Å². The Kier molecular flexibility index (Phi) is 6.29. The third-order valence-corrected chi connectivity index (χ3v) is 4.65. The number of anilines is 1. The van der Waals surface area contributed by atoms with Crippen molar-refractivity contribution >= 4 is 23.5 Å². The van der Waals surface area contributed by atoms with Crippen LogP contribution >= 0.6 is 0 Å². The number of hydrogen-bond acceptors (Lipinski definition) is 3. The van der Waals surface area contributed by atoms with E-state index in [9.17, 15) is 27.6 Å². The molecule has 0 aromatic heterocycles. The van der Waals surface area contributed by atoms with E-state index in [1.54, 1.807) is 18.2 Å². The number of halogens is 3. The van der Waals surface area contributed by atoms with Gasteiger partial charge in [-0.25, -0.2) is 0 Å². The van der Waals surface area contributed by atoms with E-state index < -0.39 is 29.5 Å². The highest BCUT2D eigenvalue weighted by Gasteiger charge is 2.30. The maximum atomic E-state index is 12.9. The number of primary amides is 1. The standard InChI is InChI=1S/C23H17F3N2O4/c24-23(25,26)15-8-6-14(7-9-15)16-3-1-2-4-17(16)22(32)28-19-10-5-13(12-20(29)30)11-18(19)21(27)31/h1-11H,12H2,(H2,27,31)(H,28,32)(H,29,30). The van der Waals surface area contributed by atoms with Crippen molar-refractivity contribution in [2.75, 3.05) is 5.32 Å². The molecule has 0 bridgehead atoms. The summed E-state index contributed by atoms with van der Waals surface area (Å²) >= 11 is 0. The first-order valence-corrected chi connectivity index (χ1v) is 9.29. The quantitative estimate of drug-likeness (QED) is 0.527. The maximum Gasteiger partial charge on any atom is 0.416 e. The third-order valence-electron chi connectivity index (χ3n) is 4.65. The van der Waals surface area contributed by atoms with E-state index in [0.29, 0.717) is 16.7 Å². The van der Waals surface area contributed by atoms with Gasteiger partial charge in [0, 0.05) is 5.56 Å². The van der Waals surface area contributed by atoms with E-state index in [1.807, 2.05) is 0 Å². The molecule has 9 heteroatoms. The summed E-state index contributed by atoms with van der Waals surface area (Å²) in [5, 5.41) is 11.5. The van der Waals surface area contributed by atoms with Crippen molar-refractivity contribution in [3.8, 4) is 11.1 Å². The van der Waals surface area contributed by atoms with Crippen LogP contribution in [0.4, 0.5) is 18.9 Å². The number of hydrogen-bond donors (Lipinski definition) is 3. The SMILES string of the molecule is NC(=O)c1cc(CC(=O)O)ccc1NC(=O)c1ccccc1-c1ccc(C(F)(F)F)cc1. The number of carboxylic acids is 1. The van der Waals surface area contributed by atoms with Crippen molar-refractivity contribution < 1.29 is 32.7 Å². The zero-order valence-corrected chi connectivity index (χ0v) is 16.4. The van der Waals surface area contributed by atoms with Gasteiger partial charge in [0.25, 0.3) is 11.8 Å². The lowest BCUT2D eigenvalue weighted by atomic mass is 9.97. The number of carbonyl (C=O) groups excluding carboxylic acids is 2. The second kappa shape index (κ2) is 8.93. The lowest BCUT2D eigenvalue weighted by Gasteiger charge is -2.14. The monoisotopic (exact) mass is 442 g/mol. The lowest BCUT2D eigenvalue weighted by molar-refractivity contribution is -0.138. The number of alkyl halides is 3. The summed E-state index contributed by atoms with van der Waals surface area (Å²) in [6, 6.07) is 14.8. The summed E-state index contributed by atoms with van der Waals surface area (Å²) in [4.78, 5) is 35.6. The van der Waals surface area contributed by atoms with Crippen molar-refractivity contribution in [2.24, 2.45) is 5.73 Å². The summed E-state index contributed by atoms with van der Waals surface area (Å²) in [7, 11) is 0. The average molecular weight is 442 g/mol. The molecule has 0 aliphatic carbocycles. The van der Waals surface area contributed by atoms with Crippen LogP contribution in [0.15, 0.2) is 66.7 Å². The summed E-state index contributed by atoms with van der Waals surface area (Å²) in [6.07, 6.45) is -4.81. The molecule has 0 aliphatic rings. The Hall–Kier alpha value is -4.14. The number of aliphatic carboxylic acids is 1. The first-order valence-electron chi connectivity index (χ1n) is 9.29. The van der Waals surface area contributed by atoms with Crippen LogP contribution in [-0.4, -0.2) is 22.9 Å². The summed E-state index contributed by atoms with van der Waals surface area (Å²) in [5.41, 5.74) is 5.86. The van der Waals surface area contributed by atoms with Gasteiger partial charge < -0.3 is 16.2 Å². The van der Waals surface area contributed by atoms with Gasteiger partial charge in [0.2, 0.25) is 0 Å². The Morgan fingerprint density at radius 3 is 2.16 bits per heavy atom. The van der Waals surface area contributed by atoms with Gasteiger partial charge in [0.15, 0.2) is 0 Å². The maximum absolute atomic E-state index is 12.9. The van der Waals surface area contributed by atoms with E-state index in [4.69, 9.17) is 10.8 Å². The molecular weight excluding hydrogens is 425 g/mol. The molecule has 0 heterocycles. The second-order valence-electron chi connectivity index (χ2n) is 6.89. The minimum atomic E-state index is -4.48. The first-order chi connectivity index (χ1) is 15.1. The second-order valence-corrected chi connectivity index (χ2v) is 6.89. The fourth-order valence-electron chi connectivity index (χ4n) is 3.15. The van der Waals surface area contributed by atoms with Crippen LogP contribution in [0.5, 0.6) is 0 Å². The highest BCUT2D eigenvalue weighted by atomic mass is 19.4. The van der Waals surface area contributed by atoms with Crippen LogP contribution in [-0.2, 0) is 17.4 Å². The van der Waals surface area contributed by atoms with Crippen molar-refractivity contribution in [3.05, 3.63) is 89.0 Å². The van der Waals surface area contributed by atoms with Crippen molar-refractivity contribution in [1.82, 2.24) is 0 Å². The molecule has 3 aromatic rings. The van der Waals surface area contributed by atoms with Gasteiger partial charge in [-0.15, -0.1) is 0 Å². The summed E-state index contributed by atoms with van der Waals surface area (Å²) in [5.74, 6) is -2.57. The predicted octanol–water partition coefficient (Wildman–Crippen LogP) is 4.35. The van der Waals surface area contributed by atoms with Gasteiger partial charge in [-0.3, -0.25) is 14.4 Å². The molecule has 0 unspecified atom stereocenters. The number of rotatable bonds is 6. The molecule has 0 atom stereocenters. The lowest BCUT2D eigenvalue weighted by Crippen LogP contribution is -2.19. The summed E-state index contributed by atoms with van der Waals surface area (Å²) < 4.78 is 38.5. The number of nitrogens with one attached hydrogen (secondary N) is 1. The molecule has 0 saturated heterocycles. The highest BCUT2D eigenvalue weighted by Crippen LogP contribution is 2.32. The molecule has 3 aromatic carbocycles. The topological polar surface area (TPSA) is 109 Å². The van der Waals surface area contributed by atoms with Gasteiger partial charge >= 0.3 is 12.1 Å². The fourth-order valence-corrected chi connectivity index (χ4v) is 3.15. The van der Waals surface area contributed by atoms with Crippen LogP contribution in [0.1, 0.15) is 31.8 Å². The van der Waals surface area contributed by atoms with Crippen molar-refractivity contribution in [1.29, 1.82) is 0 Å². The molecule has 2 amide bonds. The van der Waals surface area contributed by atoms with Crippen molar-refractivity contribution in [3.63, 3.8) is 0 Å². The number of nitrogens with two attached hydrogens (primary N) is 1. The zero-order valence-electron chi connectivity index (χ0n) is 16.4. The normalized spacial score (nSPS) is 11.1. The Labute approximate surface area is 180 Å². The number of carboxylic acid groups (broad SMARTS) is 1. The minimum absolute atomic E-state index is 0.0656. The Bertz CT molecular complexity index is 1190. The van der Waals surface area contributed by atoms with Crippen LogP contribution in [0.2, 0.25) is 0 Å². The molecule has 164 valence electrons. The van der Waals surface area contributed by atoms with E-state index in [0.717, 1.165) is 12.1 Å². The Balaban J connectivity index is 1.93. The molecule has 32 heavy (non-hydrogen) atoms. The molecule has 0 radical (unpaired) electrons. The van der Waals surface area contributed by atoms with Gasteiger partial charge in [0.05, 0.1) is 23.2 Å². The van der Waals surface area contributed by atoms with E-state index in [-0.39, 0.29) is 23.2 Å². The Morgan fingerprint density at radius 2 is 1.56 bits per heavy atom. The van der Waals surface area contributed by atoms with Crippen LogP contribution < -0.4 is 11.1 Å². The van der Waals surface area contributed by atoms with Gasteiger partial charge in [0.1, 0.15) is 0 Å². The number of amides is 2. The minimum Gasteiger partial charge on any atom is -0.481 e. The van der Waals surface area contributed by atoms with E-state index in [2.05, 4.69) is 5.32 Å². The fraction of sp³-hybridized carbons (Fsp3) is 0.0870. The molecule has 3 rings (SSSR count). The van der Waals surface area contributed by atoms with Gasteiger partial charge in [-0.1, -0.05) is 36.4 Å². The van der Waals surface area contributed by atoms with Crippen LogP contribution in [0.25, 0.3) is 11.1 Å². The smallest absolute Gasteiger partial charge is 0.416 e. The van der Waals surface area contributed by atoms with E-state index in [1.165, 1.54) is 36.4 Å². The summed E-state index contributed by atoms with van der Waals surface area (Å²) in [6.45, 7) is 0. The van der Waals surface area contributed by atoms with Crippen LogP contribution in [0, 0.1) is 0 Å². The predicted molar refractivity (Wildman–Crippen MR) is 111 cm³/mol. The molecule has 4 N–H and O–H groups in total. The first kappa shape index (κ1) is 22.5. The average Bonchev–Trinajstić information content (AvgIpc) is 2.73. The van der Waals surface area contributed by atoms with Gasteiger partial charge in [-0.2, -0.15) is 13.2 Å². The molecular formula is C23H17F3N2O4. The largest absolute Gasteiger partial charge is 0.481 e. The number of carbonyl (C=O) groups is 3. The van der Waals surface area contributed by atoms with Gasteiger partial charge in [-0.05, 0) is 47.0 Å². The van der Waals surface area contributed by atoms with E-state index >= 15 is 0 Å². The molecule has 6 nitrogen and oxygen atoms in total. The molecule has 0 saturated carbocycles. The third kappa shape index (κ3) is 5.12. The van der Waals surface area contributed by atoms with Crippen molar-refractivity contribution in [2.45, 2.75) is 12.6 Å². The highest BCUT2D eigenvalue weighted by molar-refractivity contribution is 6.11.